The molecule has 3 aromatic rings. The topological polar surface area (TPSA) is 71.8 Å². The largest absolute Gasteiger partial charge is 0.349 e. The second-order valence-corrected chi connectivity index (χ2v) is 7.23. The first-order chi connectivity index (χ1) is 12.5. The average Bonchev–Trinajstić information content (AvgIpc) is 3.34. The van der Waals surface area contributed by atoms with Gasteiger partial charge in [-0.2, -0.15) is 9.89 Å². The van der Waals surface area contributed by atoms with Crippen LogP contribution in [0.2, 0.25) is 0 Å². The fourth-order valence-electron chi connectivity index (χ4n) is 2.93. The fourth-order valence-corrected chi connectivity index (χ4v) is 2.93. The van der Waals surface area contributed by atoms with Crippen LogP contribution in [0.25, 0.3) is 22.3 Å². The smallest absolute Gasteiger partial charge is 0.251 e. The lowest BCUT2D eigenvalue weighted by Crippen LogP contribution is -2.25. The summed E-state index contributed by atoms with van der Waals surface area (Å²) in [6.45, 7) is 6.15. The molecule has 1 amide bonds. The lowest BCUT2D eigenvalue weighted by Gasteiger charge is -2.12. The third kappa shape index (κ3) is 3.27. The van der Waals surface area contributed by atoms with Crippen molar-refractivity contribution in [2.45, 2.75) is 45.7 Å². The number of amides is 1. The zero-order valence-electron chi connectivity index (χ0n) is 15.3. The molecule has 0 atom stereocenters. The van der Waals surface area contributed by atoms with E-state index in [-0.39, 0.29) is 11.9 Å². The summed E-state index contributed by atoms with van der Waals surface area (Å²) in [4.78, 5) is 18.9. The number of hydrogen-bond acceptors (Lipinski definition) is 4. The molecule has 1 saturated carbocycles. The molecule has 0 saturated heterocycles. The van der Waals surface area contributed by atoms with Crippen molar-refractivity contribution >= 4 is 16.9 Å². The van der Waals surface area contributed by atoms with Crippen LogP contribution in [0, 0.1) is 6.92 Å². The molecule has 1 fully saturated rings. The molecule has 134 valence electrons. The molecule has 2 aromatic heterocycles. The highest BCUT2D eigenvalue weighted by molar-refractivity contribution is 5.96. The van der Waals surface area contributed by atoms with Crippen LogP contribution in [0.5, 0.6) is 0 Å². The maximum atomic E-state index is 12.4. The Balaban J connectivity index is 1.72. The van der Waals surface area contributed by atoms with Crippen molar-refractivity contribution in [3.8, 4) is 11.3 Å². The Morgan fingerprint density at radius 3 is 2.77 bits per heavy atom. The van der Waals surface area contributed by atoms with Crippen molar-refractivity contribution in [2.75, 3.05) is 5.43 Å². The summed E-state index contributed by atoms with van der Waals surface area (Å²) in [5, 5.41) is 8.37. The minimum Gasteiger partial charge on any atom is -0.349 e. The van der Waals surface area contributed by atoms with Crippen LogP contribution in [-0.4, -0.2) is 32.9 Å². The van der Waals surface area contributed by atoms with Crippen LogP contribution >= 0.6 is 0 Å². The molecular formula is C20H23N5O. The molecule has 6 heteroatoms. The monoisotopic (exact) mass is 349 g/mol. The maximum Gasteiger partial charge on any atom is 0.251 e. The Labute approximate surface area is 152 Å². The van der Waals surface area contributed by atoms with E-state index in [4.69, 9.17) is 4.98 Å². The summed E-state index contributed by atoms with van der Waals surface area (Å²) < 4.78 is 0. The van der Waals surface area contributed by atoms with Crippen molar-refractivity contribution in [3.63, 3.8) is 0 Å². The van der Waals surface area contributed by atoms with Gasteiger partial charge < -0.3 is 10.7 Å². The third-order valence-corrected chi connectivity index (χ3v) is 4.49. The van der Waals surface area contributed by atoms with Gasteiger partial charge in [0.15, 0.2) is 5.65 Å². The van der Waals surface area contributed by atoms with Gasteiger partial charge in [0.2, 0.25) is 0 Å². The molecule has 0 spiro atoms. The summed E-state index contributed by atoms with van der Waals surface area (Å²) >= 11 is 0. The van der Waals surface area contributed by atoms with Crippen LogP contribution in [0.4, 0.5) is 0 Å². The van der Waals surface area contributed by atoms with E-state index in [9.17, 15) is 4.79 Å². The Bertz CT molecular complexity index is 971. The van der Waals surface area contributed by atoms with E-state index in [1.165, 1.54) is 0 Å². The summed E-state index contributed by atoms with van der Waals surface area (Å²) in [5.41, 5.74) is 7.60. The number of aromatic nitrogens is 3. The van der Waals surface area contributed by atoms with E-state index in [2.05, 4.69) is 29.7 Å². The van der Waals surface area contributed by atoms with E-state index in [0.29, 0.717) is 11.6 Å². The fraction of sp³-hybridized carbons (Fsp3) is 0.350. The van der Waals surface area contributed by atoms with Gasteiger partial charge in [-0.05, 0) is 63.4 Å². The number of hydrogen-bond donors (Lipinski definition) is 2. The van der Waals surface area contributed by atoms with Crippen LogP contribution < -0.4 is 10.7 Å². The minimum atomic E-state index is -0.0126. The number of nitrogens with zero attached hydrogens (tertiary/aromatic N) is 3. The first-order valence-corrected chi connectivity index (χ1v) is 9.04. The highest BCUT2D eigenvalue weighted by atomic mass is 16.1. The van der Waals surface area contributed by atoms with Gasteiger partial charge in [0, 0.05) is 28.6 Å². The molecule has 6 nitrogen and oxygen atoms in total. The van der Waals surface area contributed by atoms with Gasteiger partial charge in [-0.25, -0.2) is 4.98 Å². The number of nitrogens with one attached hydrogen (secondary N) is 2. The molecular weight excluding hydrogens is 326 g/mol. The van der Waals surface area contributed by atoms with Gasteiger partial charge in [0.05, 0.1) is 11.9 Å². The van der Waals surface area contributed by atoms with Crippen LogP contribution in [-0.2, 0) is 0 Å². The van der Waals surface area contributed by atoms with Crippen molar-refractivity contribution in [3.05, 3.63) is 47.7 Å². The molecule has 2 heterocycles. The summed E-state index contributed by atoms with van der Waals surface area (Å²) in [5.74, 6) is -0.0126. The van der Waals surface area contributed by atoms with Crippen molar-refractivity contribution in [1.82, 2.24) is 20.2 Å². The quantitative estimate of drug-likeness (QED) is 0.742. The zero-order chi connectivity index (χ0) is 18.3. The second kappa shape index (κ2) is 6.44. The molecule has 26 heavy (non-hydrogen) atoms. The van der Waals surface area contributed by atoms with Gasteiger partial charge in [-0.1, -0.05) is 6.07 Å². The predicted octanol–water partition coefficient (Wildman–Crippen LogP) is 3.25. The lowest BCUT2D eigenvalue weighted by atomic mass is 10.0. The first kappa shape index (κ1) is 16.6. The number of carbonyl (C=O) groups is 1. The maximum absolute atomic E-state index is 12.4. The molecule has 0 radical (unpaired) electrons. The normalized spacial score (nSPS) is 14.0. The molecule has 4 rings (SSSR count). The number of rotatable bonds is 5. The summed E-state index contributed by atoms with van der Waals surface area (Å²) in [6, 6.07) is 10.4. The highest BCUT2D eigenvalue weighted by Crippen LogP contribution is 2.26. The van der Waals surface area contributed by atoms with Gasteiger partial charge in [-0.3, -0.25) is 4.79 Å². The summed E-state index contributed by atoms with van der Waals surface area (Å²) in [7, 11) is 0. The second-order valence-electron chi connectivity index (χ2n) is 7.23. The standard InChI is InChI=1S/C20H23N5O/c1-12(2)24-25-19-15(11-21-25)6-9-18(23-19)17-10-14(5-4-13(17)3)20(26)22-16-7-8-16/h4-6,9-12,16,24H,7-8H2,1-3H3,(H,22,26). The van der Waals surface area contributed by atoms with Crippen molar-refractivity contribution in [1.29, 1.82) is 0 Å². The first-order valence-electron chi connectivity index (χ1n) is 9.04. The van der Waals surface area contributed by atoms with E-state index in [0.717, 1.165) is 40.7 Å². The Morgan fingerprint density at radius 2 is 2.04 bits per heavy atom. The zero-order valence-corrected chi connectivity index (χ0v) is 15.3. The number of pyridine rings is 1. The number of benzene rings is 1. The average molecular weight is 349 g/mol. The lowest BCUT2D eigenvalue weighted by molar-refractivity contribution is 0.0951. The van der Waals surface area contributed by atoms with Crippen LogP contribution in [0.1, 0.15) is 42.6 Å². The minimum absolute atomic E-state index is 0.0126. The van der Waals surface area contributed by atoms with Crippen molar-refractivity contribution < 1.29 is 4.79 Å². The molecule has 1 aliphatic carbocycles. The predicted molar refractivity (Wildman–Crippen MR) is 103 cm³/mol. The van der Waals surface area contributed by atoms with Crippen LogP contribution in [0.3, 0.4) is 0 Å². The summed E-state index contributed by atoms with van der Waals surface area (Å²) in [6.07, 6.45) is 3.96. The van der Waals surface area contributed by atoms with E-state index in [1.54, 1.807) is 11.0 Å². The molecule has 0 unspecified atom stereocenters. The molecule has 1 aromatic carbocycles. The van der Waals surface area contributed by atoms with E-state index >= 15 is 0 Å². The van der Waals surface area contributed by atoms with Gasteiger partial charge in [-0.15, -0.1) is 0 Å². The van der Waals surface area contributed by atoms with Crippen LogP contribution in [0.15, 0.2) is 36.5 Å². The van der Waals surface area contributed by atoms with Gasteiger partial charge in [0.1, 0.15) is 0 Å². The SMILES string of the molecule is Cc1ccc(C(=O)NC2CC2)cc1-c1ccc2cnn(NC(C)C)c2n1. The molecule has 2 N–H and O–H groups in total. The van der Waals surface area contributed by atoms with E-state index in [1.807, 2.05) is 37.3 Å². The van der Waals surface area contributed by atoms with Gasteiger partial charge >= 0.3 is 0 Å². The number of fused-ring (bicyclic) bond motifs is 1. The van der Waals surface area contributed by atoms with Crippen molar-refractivity contribution in [2.24, 2.45) is 0 Å². The Hall–Kier alpha value is -2.89. The molecule has 1 aliphatic rings. The number of carbonyl (C=O) groups excluding carboxylic acids is 1. The number of aryl methyl sites for hydroxylation is 1. The Morgan fingerprint density at radius 1 is 1.23 bits per heavy atom. The van der Waals surface area contributed by atoms with E-state index < -0.39 is 0 Å². The highest BCUT2D eigenvalue weighted by Gasteiger charge is 2.24. The molecule has 0 aliphatic heterocycles. The third-order valence-electron chi connectivity index (χ3n) is 4.49. The van der Waals surface area contributed by atoms with Gasteiger partial charge in [0.25, 0.3) is 5.91 Å². The molecule has 0 bridgehead atoms. The Kier molecular flexibility index (Phi) is 4.11.